The number of benzene rings is 2. The molecule has 0 bridgehead atoms. The first-order valence-corrected chi connectivity index (χ1v) is 10.6. The number of ether oxygens (including phenoxy) is 1. The molecular weight excluding hydrogens is 390 g/mol. The SMILES string of the molecule is COc1ccccc1C(=O)CCC(=O)N1CCN(c2cc(C)c3ccccc3n2)CC1. The van der Waals surface area contributed by atoms with Crippen molar-refractivity contribution in [1.82, 2.24) is 9.88 Å². The van der Waals surface area contributed by atoms with Crippen LogP contribution in [0.4, 0.5) is 5.82 Å². The van der Waals surface area contributed by atoms with Crippen LogP contribution in [0.3, 0.4) is 0 Å². The molecule has 0 atom stereocenters. The maximum atomic E-state index is 12.7. The number of amides is 1. The van der Waals surface area contributed by atoms with Crippen molar-refractivity contribution in [2.75, 3.05) is 38.2 Å². The highest BCUT2D eigenvalue weighted by Gasteiger charge is 2.23. The Morgan fingerprint density at radius 2 is 1.68 bits per heavy atom. The van der Waals surface area contributed by atoms with E-state index < -0.39 is 0 Å². The molecule has 1 aromatic heterocycles. The van der Waals surface area contributed by atoms with Gasteiger partial charge in [-0.05, 0) is 36.8 Å². The monoisotopic (exact) mass is 417 g/mol. The Morgan fingerprint density at radius 3 is 2.45 bits per heavy atom. The van der Waals surface area contributed by atoms with Crippen molar-refractivity contribution in [1.29, 1.82) is 0 Å². The van der Waals surface area contributed by atoms with E-state index in [9.17, 15) is 9.59 Å². The number of ketones is 1. The standard InChI is InChI=1S/C25H27N3O3/c1-18-17-24(26-21-9-5-3-7-19(18)21)27-13-15-28(16-14-27)25(30)12-11-22(29)20-8-4-6-10-23(20)31-2/h3-10,17H,11-16H2,1-2H3. The summed E-state index contributed by atoms with van der Waals surface area (Å²) >= 11 is 0. The van der Waals surface area contributed by atoms with Crippen LogP contribution in [0.5, 0.6) is 5.75 Å². The zero-order valence-corrected chi connectivity index (χ0v) is 18.0. The summed E-state index contributed by atoms with van der Waals surface area (Å²) in [5.41, 5.74) is 2.72. The predicted molar refractivity (Wildman–Crippen MR) is 122 cm³/mol. The lowest BCUT2D eigenvalue weighted by atomic mass is 10.0. The van der Waals surface area contributed by atoms with Gasteiger partial charge in [0.05, 0.1) is 18.2 Å². The van der Waals surface area contributed by atoms with Crippen LogP contribution in [0.1, 0.15) is 28.8 Å². The van der Waals surface area contributed by atoms with Crippen LogP contribution in [0.2, 0.25) is 0 Å². The lowest BCUT2D eigenvalue weighted by molar-refractivity contribution is -0.131. The normalized spacial score (nSPS) is 14.0. The molecule has 0 N–H and O–H groups in total. The van der Waals surface area contributed by atoms with E-state index >= 15 is 0 Å². The van der Waals surface area contributed by atoms with Crippen molar-refractivity contribution in [3.8, 4) is 5.75 Å². The van der Waals surface area contributed by atoms with Crippen molar-refractivity contribution in [3.05, 3.63) is 65.7 Å². The fourth-order valence-electron chi connectivity index (χ4n) is 4.07. The minimum Gasteiger partial charge on any atom is -0.496 e. The van der Waals surface area contributed by atoms with Gasteiger partial charge in [0.1, 0.15) is 11.6 Å². The summed E-state index contributed by atoms with van der Waals surface area (Å²) in [5, 5.41) is 1.17. The minimum absolute atomic E-state index is 0.0190. The van der Waals surface area contributed by atoms with Crippen LogP contribution in [0.15, 0.2) is 54.6 Å². The van der Waals surface area contributed by atoms with Gasteiger partial charge >= 0.3 is 0 Å². The first-order chi connectivity index (χ1) is 15.1. The molecule has 0 aliphatic carbocycles. The van der Waals surface area contributed by atoms with Gasteiger partial charge in [0, 0.05) is 44.4 Å². The van der Waals surface area contributed by atoms with Gasteiger partial charge in [-0.25, -0.2) is 4.98 Å². The second kappa shape index (κ2) is 9.16. The molecule has 6 nitrogen and oxygen atoms in total. The number of nitrogens with zero attached hydrogens (tertiary/aromatic N) is 3. The number of fused-ring (bicyclic) bond motifs is 1. The smallest absolute Gasteiger partial charge is 0.223 e. The first-order valence-electron chi connectivity index (χ1n) is 10.6. The van der Waals surface area contributed by atoms with E-state index in [1.165, 1.54) is 10.9 Å². The van der Waals surface area contributed by atoms with Crippen LogP contribution >= 0.6 is 0 Å². The molecular formula is C25H27N3O3. The quantitative estimate of drug-likeness (QED) is 0.570. The summed E-state index contributed by atoms with van der Waals surface area (Å²) in [6.07, 6.45) is 0.398. The zero-order valence-electron chi connectivity index (χ0n) is 18.0. The fourth-order valence-corrected chi connectivity index (χ4v) is 4.07. The molecule has 1 fully saturated rings. The molecule has 3 aromatic rings. The molecule has 1 aliphatic rings. The van der Waals surface area contributed by atoms with E-state index in [-0.39, 0.29) is 24.5 Å². The maximum Gasteiger partial charge on any atom is 0.223 e. The summed E-state index contributed by atoms with van der Waals surface area (Å²) in [4.78, 5) is 34.1. The van der Waals surface area contributed by atoms with Gasteiger partial charge < -0.3 is 14.5 Å². The largest absolute Gasteiger partial charge is 0.496 e. The second-order valence-electron chi connectivity index (χ2n) is 7.81. The number of carbonyl (C=O) groups excluding carboxylic acids is 2. The zero-order chi connectivity index (χ0) is 21.8. The summed E-state index contributed by atoms with van der Waals surface area (Å²) in [5.74, 6) is 1.45. The number of aromatic nitrogens is 1. The van der Waals surface area contributed by atoms with Gasteiger partial charge in [-0.2, -0.15) is 0 Å². The Balaban J connectivity index is 1.33. The average Bonchev–Trinajstić information content (AvgIpc) is 2.82. The molecule has 160 valence electrons. The molecule has 2 heterocycles. The number of anilines is 1. The molecule has 1 aliphatic heterocycles. The van der Waals surface area contributed by atoms with Crippen molar-refractivity contribution in [2.24, 2.45) is 0 Å². The van der Waals surface area contributed by atoms with Gasteiger partial charge in [0.2, 0.25) is 5.91 Å². The molecule has 6 heteroatoms. The molecule has 1 saturated heterocycles. The number of para-hydroxylation sites is 2. The van der Waals surface area contributed by atoms with Gasteiger partial charge in [-0.3, -0.25) is 9.59 Å². The Hall–Kier alpha value is -3.41. The van der Waals surface area contributed by atoms with E-state index in [4.69, 9.17) is 9.72 Å². The van der Waals surface area contributed by atoms with Gasteiger partial charge in [0.15, 0.2) is 5.78 Å². The molecule has 0 saturated carbocycles. The first kappa shape index (κ1) is 20.8. The number of piperazine rings is 1. The number of hydrogen-bond acceptors (Lipinski definition) is 5. The number of Topliss-reactive ketones (excluding diaryl/α,β-unsaturated/α-hetero) is 1. The third-order valence-corrected chi connectivity index (χ3v) is 5.84. The molecule has 0 radical (unpaired) electrons. The number of pyridine rings is 1. The summed E-state index contributed by atoms with van der Waals surface area (Å²) < 4.78 is 5.25. The Morgan fingerprint density at radius 1 is 0.968 bits per heavy atom. The lowest BCUT2D eigenvalue weighted by Gasteiger charge is -2.35. The molecule has 0 unspecified atom stereocenters. The Labute approximate surface area is 182 Å². The number of carbonyl (C=O) groups is 2. The van der Waals surface area contributed by atoms with Crippen LogP contribution in [-0.2, 0) is 4.79 Å². The summed E-state index contributed by atoms with van der Waals surface area (Å²) in [7, 11) is 1.54. The van der Waals surface area contributed by atoms with Gasteiger partial charge in [-0.1, -0.05) is 30.3 Å². The highest BCUT2D eigenvalue weighted by molar-refractivity contribution is 6.00. The molecule has 1 amide bonds. The van der Waals surface area contributed by atoms with Crippen LogP contribution in [-0.4, -0.2) is 54.9 Å². The van der Waals surface area contributed by atoms with Gasteiger partial charge in [-0.15, -0.1) is 0 Å². The average molecular weight is 418 g/mol. The van der Waals surface area contributed by atoms with Crippen molar-refractivity contribution < 1.29 is 14.3 Å². The highest BCUT2D eigenvalue weighted by atomic mass is 16.5. The van der Waals surface area contributed by atoms with Crippen LogP contribution < -0.4 is 9.64 Å². The number of rotatable bonds is 6. The summed E-state index contributed by atoms with van der Waals surface area (Å²) in [6.45, 7) is 4.84. The number of hydrogen-bond donors (Lipinski definition) is 0. The van der Waals surface area contributed by atoms with E-state index in [1.54, 1.807) is 25.3 Å². The second-order valence-corrected chi connectivity index (χ2v) is 7.81. The van der Waals surface area contributed by atoms with Crippen LogP contribution in [0.25, 0.3) is 10.9 Å². The topological polar surface area (TPSA) is 62.7 Å². The third kappa shape index (κ3) is 4.53. The molecule has 2 aromatic carbocycles. The van der Waals surface area contributed by atoms with E-state index in [0.717, 1.165) is 24.4 Å². The molecule has 4 rings (SSSR count). The van der Waals surface area contributed by atoms with Crippen LogP contribution in [0, 0.1) is 6.92 Å². The molecule has 31 heavy (non-hydrogen) atoms. The Kier molecular flexibility index (Phi) is 6.16. The minimum atomic E-state index is -0.0692. The van der Waals surface area contributed by atoms with Crippen molar-refractivity contribution in [3.63, 3.8) is 0 Å². The Bertz CT molecular complexity index is 1100. The number of aryl methyl sites for hydroxylation is 1. The predicted octanol–water partition coefficient (Wildman–Crippen LogP) is 3.86. The van der Waals surface area contributed by atoms with Crippen molar-refractivity contribution >= 4 is 28.4 Å². The molecule has 0 spiro atoms. The van der Waals surface area contributed by atoms with E-state index in [0.29, 0.717) is 24.4 Å². The summed E-state index contributed by atoms with van der Waals surface area (Å²) in [6, 6.07) is 17.4. The maximum absolute atomic E-state index is 12.7. The fraction of sp³-hybridized carbons (Fsp3) is 0.320. The van der Waals surface area contributed by atoms with E-state index in [1.807, 2.05) is 29.2 Å². The van der Waals surface area contributed by atoms with Gasteiger partial charge in [0.25, 0.3) is 0 Å². The van der Waals surface area contributed by atoms with Crippen molar-refractivity contribution in [2.45, 2.75) is 19.8 Å². The highest BCUT2D eigenvalue weighted by Crippen LogP contribution is 2.24. The third-order valence-electron chi connectivity index (χ3n) is 5.84. The lowest BCUT2D eigenvalue weighted by Crippen LogP contribution is -2.49. The van der Waals surface area contributed by atoms with E-state index in [2.05, 4.69) is 24.0 Å². The number of methoxy groups -OCH3 is 1.